The normalized spacial score (nSPS) is 12.2. The number of esters is 1. The molecule has 0 N–H and O–H groups in total. The van der Waals surface area contributed by atoms with E-state index in [4.69, 9.17) is 0 Å². The third-order valence-electron chi connectivity index (χ3n) is 0.615. The standard InChI is InChI=1S/C4H5FO4/c1-9-4(8)2(5)3(6)7/h2H,1H3,(H,6,7)/p-1. The SMILES string of the molecule is COC(=O)C(F)C(=O)[O-]. The Kier molecular flexibility index (Phi) is 2.63. The Balaban J connectivity index is 3.88. The number of methoxy groups -OCH3 is 1. The van der Waals surface area contributed by atoms with E-state index in [1.807, 2.05) is 0 Å². The molecule has 0 spiro atoms. The van der Waals surface area contributed by atoms with E-state index in [0.717, 1.165) is 7.11 Å². The molecule has 4 nitrogen and oxygen atoms in total. The van der Waals surface area contributed by atoms with Gasteiger partial charge in [0.05, 0.1) is 13.1 Å². The van der Waals surface area contributed by atoms with Crippen LogP contribution in [0.1, 0.15) is 0 Å². The number of carbonyl (C=O) groups is 2. The number of hydrogen-bond acceptors (Lipinski definition) is 4. The lowest BCUT2D eigenvalue weighted by molar-refractivity contribution is -0.310. The second-order valence-corrected chi connectivity index (χ2v) is 1.20. The molecule has 0 saturated carbocycles. The summed E-state index contributed by atoms with van der Waals surface area (Å²) in [5.74, 6) is -3.53. The van der Waals surface area contributed by atoms with Gasteiger partial charge in [0.2, 0.25) is 6.17 Å². The van der Waals surface area contributed by atoms with Crippen LogP contribution in [-0.4, -0.2) is 25.2 Å². The van der Waals surface area contributed by atoms with Crippen LogP contribution in [0.2, 0.25) is 0 Å². The molecule has 0 aliphatic rings. The first kappa shape index (κ1) is 7.87. The Bertz CT molecular complexity index is 133. The number of aliphatic carboxylic acids is 1. The van der Waals surface area contributed by atoms with Gasteiger partial charge in [-0.3, -0.25) is 0 Å². The Morgan fingerprint density at radius 1 is 1.67 bits per heavy atom. The number of rotatable bonds is 2. The van der Waals surface area contributed by atoms with E-state index in [1.54, 1.807) is 0 Å². The number of carboxylic acids is 1. The Labute approximate surface area is 50.2 Å². The minimum Gasteiger partial charge on any atom is -0.546 e. The van der Waals surface area contributed by atoms with E-state index < -0.39 is 18.1 Å². The molecular weight excluding hydrogens is 131 g/mol. The predicted molar refractivity (Wildman–Crippen MR) is 21.9 cm³/mol. The van der Waals surface area contributed by atoms with Gasteiger partial charge in [-0.15, -0.1) is 0 Å². The van der Waals surface area contributed by atoms with Crippen LogP contribution in [0.4, 0.5) is 4.39 Å². The van der Waals surface area contributed by atoms with E-state index in [9.17, 15) is 19.1 Å². The van der Waals surface area contributed by atoms with Crippen LogP contribution in [0, 0.1) is 0 Å². The van der Waals surface area contributed by atoms with E-state index in [1.165, 1.54) is 0 Å². The molecule has 5 heteroatoms. The van der Waals surface area contributed by atoms with Crippen LogP contribution in [0.5, 0.6) is 0 Å². The van der Waals surface area contributed by atoms with Crippen molar-refractivity contribution in [2.75, 3.05) is 7.11 Å². The Morgan fingerprint density at radius 3 is 2.22 bits per heavy atom. The molecule has 9 heavy (non-hydrogen) atoms. The van der Waals surface area contributed by atoms with Crippen molar-refractivity contribution in [3.63, 3.8) is 0 Å². The summed E-state index contributed by atoms with van der Waals surface area (Å²) in [5.41, 5.74) is 0. The van der Waals surface area contributed by atoms with Gasteiger partial charge in [0, 0.05) is 0 Å². The highest BCUT2D eigenvalue weighted by molar-refractivity contribution is 5.95. The smallest absolute Gasteiger partial charge is 0.346 e. The van der Waals surface area contributed by atoms with Gasteiger partial charge in [-0.05, 0) is 0 Å². The van der Waals surface area contributed by atoms with Crippen molar-refractivity contribution in [3.8, 4) is 0 Å². The molecule has 1 atom stereocenters. The van der Waals surface area contributed by atoms with Gasteiger partial charge >= 0.3 is 5.97 Å². The lowest BCUT2D eigenvalue weighted by Crippen LogP contribution is -2.38. The number of halogens is 1. The summed E-state index contributed by atoms with van der Waals surface area (Å²) < 4.78 is 15.5. The minimum atomic E-state index is -2.67. The van der Waals surface area contributed by atoms with E-state index in [2.05, 4.69) is 4.74 Å². The quantitative estimate of drug-likeness (QED) is 0.332. The zero-order valence-electron chi connectivity index (χ0n) is 4.59. The van der Waals surface area contributed by atoms with Crippen LogP contribution in [0.25, 0.3) is 0 Å². The van der Waals surface area contributed by atoms with Gasteiger partial charge in [0.15, 0.2) is 0 Å². The van der Waals surface area contributed by atoms with Crippen molar-refractivity contribution in [1.29, 1.82) is 0 Å². The number of carbonyl (C=O) groups excluding carboxylic acids is 2. The first-order valence-corrected chi connectivity index (χ1v) is 2.02. The molecule has 0 radical (unpaired) electrons. The van der Waals surface area contributed by atoms with Crippen molar-refractivity contribution in [3.05, 3.63) is 0 Å². The molecule has 0 amide bonds. The average molecular weight is 135 g/mol. The summed E-state index contributed by atoms with van der Waals surface area (Å²) in [4.78, 5) is 19.4. The molecule has 0 aromatic heterocycles. The topological polar surface area (TPSA) is 66.4 Å². The lowest BCUT2D eigenvalue weighted by atomic mass is 10.4. The molecule has 0 aromatic rings. The summed E-state index contributed by atoms with van der Waals surface area (Å²) in [6.07, 6.45) is -2.67. The molecule has 1 unspecified atom stereocenters. The van der Waals surface area contributed by atoms with Crippen LogP contribution < -0.4 is 5.11 Å². The molecule has 0 aromatic carbocycles. The maximum Gasteiger partial charge on any atom is 0.346 e. The van der Waals surface area contributed by atoms with E-state index in [-0.39, 0.29) is 0 Å². The van der Waals surface area contributed by atoms with Crippen LogP contribution in [0.3, 0.4) is 0 Å². The predicted octanol–water partition coefficient (Wildman–Crippen LogP) is -1.75. The Hall–Kier alpha value is -1.13. The van der Waals surface area contributed by atoms with Crippen molar-refractivity contribution in [1.82, 2.24) is 0 Å². The zero-order chi connectivity index (χ0) is 7.44. The molecule has 0 saturated heterocycles. The fourth-order valence-corrected chi connectivity index (χ4v) is 0.200. The lowest BCUT2D eigenvalue weighted by Gasteiger charge is -2.04. The summed E-state index contributed by atoms with van der Waals surface area (Å²) >= 11 is 0. The average Bonchev–Trinajstić information content (AvgIpc) is 1.84. The minimum absolute atomic E-state index is 0.887. The summed E-state index contributed by atoms with van der Waals surface area (Å²) in [5, 5.41) is 9.51. The second kappa shape index (κ2) is 3.01. The highest BCUT2D eigenvalue weighted by Crippen LogP contribution is 1.90. The van der Waals surface area contributed by atoms with Crippen LogP contribution in [-0.2, 0) is 14.3 Å². The summed E-state index contributed by atoms with van der Waals surface area (Å²) in [7, 11) is 0.887. The monoisotopic (exact) mass is 135 g/mol. The second-order valence-electron chi connectivity index (χ2n) is 1.20. The van der Waals surface area contributed by atoms with Gasteiger partial charge in [-0.1, -0.05) is 0 Å². The number of hydrogen-bond donors (Lipinski definition) is 0. The number of alkyl halides is 1. The molecule has 0 aliphatic heterocycles. The van der Waals surface area contributed by atoms with Crippen LogP contribution >= 0.6 is 0 Å². The van der Waals surface area contributed by atoms with Gasteiger partial charge in [0.1, 0.15) is 0 Å². The molecule has 0 heterocycles. The Morgan fingerprint density at radius 2 is 2.11 bits per heavy atom. The fourth-order valence-electron chi connectivity index (χ4n) is 0.200. The number of ether oxygens (including phenoxy) is 1. The number of carboxylic acid groups (broad SMARTS) is 1. The zero-order valence-corrected chi connectivity index (χ0v) is 4.59. The molecule has 52 valence electrons. The summed E-state index contributed by atoms with van der Waals surface area (Å²) in [6.45, 7) is 0. The van der Waals surface area contributed by atoms with Crippen molar-refractivity contribution >= 4 is 11.9 Å². The van der Waals surface area contributed by atoms with Gasteiger partial charge in [0.25, 0.3) is 0 Å². The summed E-state index contributed by atoms with van der Waals surface area (Å²) in [6, 6.07) is 0. The van der Waals surface area contributed by atoms with Gasteiger partial charge in [-0.25, -0.2) is 9.18 Å². The van der Waals surface area contributed by atoms with E-state index in [0.29, 0.717) is 0 Å². The highest BCUT2D eigenvalue weighted by Gasteiger charge is 2.17. The van der Waals surface area contributed by atoms with Gasteiger partial charge in [-0.2, -0.15) is 0 Å². The van der Waals surface area contributed by atoms with E-state index >= 15 is 0 Å². The van der Waals surface area contributed by atoms with Crippen molar-refractivity contribution in [2.24, 2.45) is 0 Å². The maximum atomic E-state index is 11.8. The molecule has 0 bridgehead atoms. The van der Waals surface area contributed by atoms with Crippen molar-refractivity contribution in [2.45, 2.75) is 6.17 Å². The maximum absolute atomic E-state index is 11.8. The fraction of sp³-hybridized carbons (Fsp3) is 0.500. The largest absolute Gasteiger partial charge is 0.546 e. The van der Waals surface area contributed by atoms with Crippen LogP contribution in [0.15, 0.2) is 0 Å². The molecular formula is C4H4FO4-. The third kappa shape index (κ3) is 2.07. The van der Waals surface area contributed by atoms with Gasteiger partial charge < -0.3 is 14.6 Å². The van der Waals surface area contributed by atoms with Crippen molar-refractivity contribution < 1.29 is 23.8 Å². The molecule has 0 aliphatic carbocycles. The first-order valence-electron chi connectivity index (χ1n) is 2.02. The molecule has 0 rings (SSSR count). The highest BCUT2D eigenvalue weighted by atomic mass is 19.1. The third-order valence-corrected chi connectivity index (χ3v) is 0.615. The molecule has 0 fully saturated rings. The first-order chi connectivity index (χ1) is 4.09.